The second-order valence-corrected chi connectivity index (χ2v) is 7.27. The first-order valence-electron chi connectivity index (χ1n) is 9.88. The minimum Gasteiger partial charge on any atom is -0.454 e. The van der Waals surface area contributed by atoms with Crippen LogP contribution in [0, 0.1) is 0 Å². The largest absolute Gasteiger partial charge is 0.454 e. The molecule has 1 aromatic carbocycles. The minimum absolute atomic E-state index is 0.124. The highest BCUT2D eigenvalue weighted by Crippen LogP contribution is 2.34. The van der Waals surface area contributed by atoms with E-state index < -0.39 is 0 Å². The predicted molar refractivity (Wildman–Crippen MR) is 102 cm³/mol. The van der Waals surface area contributed by atoms with E-state index >= 15 is 0 Å². The number of morpholine rings is 1. The van der Waals surface area contributed by atoms with Crippen LogP contribution in [0.15, 0.2) is 18.2 Å². The zero-order valence-corrected chi connectivity index (χ0v) is 16.0. The maximum atomic E-state index is 13.0. The van der Waals surface area contributed by atoms with Crippen LogP contribution in [0.25, 0.3) is 0 Å². The number of amides is 2. The van der Waals surface area contributed by atoms with Crippen LogP contribution in [0.1, 0.15) is 39.6 Å². The SMILES string of the molecule is O=C(Nc1ccc2c(c1)OCO2)c1nc(C(=O)N2CCOCC2)c2n1CCCC2. The van der Waals surface area contributed by atoms with Crippen LogP contribution < -0.4 is 14.8 Å². The number of hydrogen-bond acceptors (Lipinski definition) is 6. The van der Waals surface area contributed by atoms with Crippen LogP contribution in [0.2, 0.25) is 0 Å². The van der Waals surface area contributed by atoms with Gasteiger partial charge in [-0.15, -0.1) is 0 Å². The molecule has 0 radical (unpaired) electrons. The molecular weight excluding hydrogens is 376 g/mol. The average molecular weight is 398 g/mol. The Morgan fingerprint density at radius 3 is 2.72 bits per heavy atom. The lowest BCUT2D eigenvalue weighted by Crippen LogP contribution is -2.41. The summed E-state index contributed by atoms with van der Waals surface area (Å²) in [6, 6.07) is 5.23. The Morgan fingerprint density at radius 2 is 1.86 bits per heavy atom. The van der Waals surface area contributed by atoms with Crippen molar-refractivity contribution in [3.63, 3.8) is 0 Å². The molecule has 4 heterocycles. The van der Waals surface area contributed by atoms with E-state index in [2.05, 4.69) is 10.3 Å². The molecule has 0 saturated carbocycles. The summed E-state index contributed by atoms with van der Waals surface area (Å²) >= 11 is 0. The van der Waals surface area contributed by atoms with Gasteiger partial charge in [-0.25, -0.2) is 4.98 Å². The van der Waals surface area contributed by atoms with Gasteiger partial charge in [-0.2, -0.15) is 0 Å². The van der Waals surface area contributed by atoms with Crippen molar-refractivity contribution >= 4 is 17.5 Å². The fraction of sp³-hybridized carbons (Fsp3) is 0.450. The average Bonchev–Trinajstić information content (AvgIpc) is 3.38. The molecule has 9 nitrogen and oxygen atoms in total. The zero-order chi connectivity index (χ0) is 19.8. The molecule has 2 aromatic rings. The van der Waals surface area contributed by atoms with Crippen molar-refractivity contribution < 1.29 is 23.8 Å². The molecule has 1 N–H and O–H groups in total. The predicted octanol–water partition coefficient (Wildman–Crippen LogP) is 1.67. The molecule has 5 rings (SSSR count). The van der Waals surface area contributed by atoms with Gasteiger partial charge in [-0.1, -0.05) is 0 Å². The standard InChI is InChI=1S/C20H22N4O5/c25-19(21-13-4-5-15-16(11-13)29-12-28-15)18-22-17(14-3-1-2-6-24(14)18)20(26)23-7-9-27-10-8-23/h4-5,11H,1-3,6-10,12H2,(H,21,25). The normalized spacial score (nSPS) is 17.7. The van der Waals surface area contributed by atoms with Crippen LogP contribution in [0.4, 0.5) is 5.69 Å². The molecule has 0 spiro atoms. The van der Waals surface area contributed by atoms with Crippen molar-refractivity contribution in [2.24, 2.45) is 0 Å². The number of hydrogen-bond donors (Lipinski definition) is 1. The summed E-state index contributed by atoms with van der Waals surface area (Å²) in [4.78, 5) is 32.3. The molecule has 0 bridgehead atoms. The number of aromatic nitrogens is 2. The second kappa shape index (κ2) is 7.40. The summed E-state index contributed by atoms with van der Waals surface area (Å²) in [5.41, 5.74) is 1.83. The molecule has 1 saturated heterocycles. The van der Waals surface area contributed by atoms with Crippen molar-refractivity contribution in [2.45, 2.75) is 25.8 Å². The minimum atomic E-state index is -0.340. The van der Waals surface area contributed by atoms with Gasteiger partial charge in [0.2, 0.25) is 6.79 Å². The molecule has 152 valence electrons. The Labute approximate surface area is 167 Å². The number of anilines is 1. The van der Waals surface area contributed by atoms with Crippen LogP contribution in [0.3, 0.4) is 0 Å². The van der Waals surface area contributed by atoms with Crippen molar-refractivity contribution in [1.82, 2.24) is 14.5 Å². The highest BCUT2D eigenvalue weighted by Gasteiger charge is 2.30. The number of imidazole rings is 1. The van der Waals surface area contributed by atoms with Gasteiger partial charge in [0.25, 0.3) is 11.8 Å². The monoisotopic (exact) mass is 398 g/mol. The van der Waals surface area contributed by atoms with Crippen molar-refractivity contribution in [3.8, 4) is 11.5 Å². The van der Waals surface area contributed by atoms with E-state index in [1.165, 1.54) is 0 Å². The maximum Gasteiger partial charge on any atom is 0.291 e. The first-order chi connectivity index (χ1) is 14.2. The van der Waals surface area contributed by atoms with Crippen LogP contribution in [0.5, 0.6) is 11.5 Å². The van der Waals surface area contributed by atoms with E-state index in [1.54, 1.807) is 23.1 Å². The number of rotatable bonds is 3. The van der Waals surface area contributed by atoms with E-state index in [0.717, 1.165) is 25.0 Å². The number of nitrogens with zero attached hydrogens (tertiary/aromatic N) is 3. The molecule has 9 heteroatoms. The van der Waals surface area contributed by atoms with Crippen LogP contribution in [-0.4, -0.2) is 59.4 Å². The van der Waals surface area contributed by atoms with Crippen molar-refractivity contribution in [2.75, 3.05) is 38.4 Å². The molecule has 3 aliphatic heterocycles. The lowest BCUT2D eigenvalue weighted by molar-refractivity contribution is 0.0298. The Kier molecular flexibility index (Phi) is 4.59. The van der Waals surface area contributed by atoms with E-state index in [4.69, 9.17) is 14.2 Å². The van der Waals surface area contributed by atoms with Gasteiger partial charge >= 0.3 is 0 Å². The Morgan fingerprint density at radius 1 is 1.03 bits per heavy atom. The molecule has 3 aliphatic rings. The quantitative estimate of drug-likeness (QED) is 0.845. The molecule has 0 atom stereocenters. The van der Waals surface area contributed by atoms with Gasteiger partial charge in [0.05, 0.1) is 18.9 Å². The Bertz CT molecular complexity index is 964. The van der Waals surface area contributed by atoms with E-state index in [0.29, 0.717) is 55.7 Å². The van der Waals surface area contributed by atoms with E-state index in [9.17, 15) is 9.59 Å². The molecular formula is C20H22N4O5. The number of nitrogens with one attached hydrogen (secondary N) is 1. The van der Waals surface area contributed by atoms with Gasteiger partial charge in [-0.3, -0.25) is 9.59 Å². The second-order valence-electron chi connectivity index (χ2n) is 7.27. The van der Waals surface area contributed by atoms with Crippen LogP contribution in [-0.2, 0) is 17.7 Å². The van der Waals surface area contributed by atoms with Gasteiger partial charge in [-0.05, 0) is 31.4 Å². The summed E-state index contributed by atoms with van der Waals surface area (Å²) in [5, 5.41) is 2.87. The van der Waals surface area contributed by atoms with Gasteiger partial charge in [0.15, 0.2) is 17.3 Å². The molecule has 29 heavy (non-hydrogen) atoms. The molecule has 0 unspecified atom stereocenters. The number of fused-ring (bicyclic) bond motifs is 2. The smallest absolute Gasteiger partial charge is 0.291 e. The van der Waals surface area contributed by atoms with E-state index in [-0.39, 0.29) is 24.4 Å². The topological polar surface area (TPSA) is 94.9 Å². The number of ether oxygens (including phenoxy) is 3. The fourth-order valence-corrected chi connectivity index (χ4v) is 3.97. The first kappa shape index (κ1) is 18.0. The highest BCUT2D eigenvalue weighted by atomic mass is 16.7. The third-order valence-corrected chi connectivity index (χ3v) is 5.45. The number of carbonyl (C=O) groups excluding carboxylic acids is 2. The molecule has 1 aromatic heterocycles. The maximum absolute atomic E-state index is 13.0. The van der Waals surface area contributed by atoms with Gasteiger partial charge in [0, 0.05) is 31.4 Å². The number of benzene rings is 1. The summed E-state index contributed by atoms with van der Waals surface area (Å²) < 4.78 is 17.9. The molecule has 1 fully saturated rings. The van der Waals surface area contributed by atoms with E-state index in [1.807, 2.05) is 4.57 Å². The van der Waals surface area contributed by atoms with Crippen LogP contribution >= 0.6 is 0 Å². The summed E-state index contributed by atoms with van der Waals surface area (Å²) in [7, 11) is 0. The van der Waals surface area contributed by atoms with Gasteiger partial charge in [0.1, 0.15) is 5.69 Å². The summed E-state index contributed by atoms with van der Waals surface area (Å²) in [6.45, 7) is 3.00. The lowest BCUT2D eigenvalue weighted by Gasteiger charge is -2.26. The Hall–Kier alpha value is -3.07. The molecule has 2 amide bonds. The highest BCUT2D eigenvalue weighted by molar-refractivity contribution is 6.04. The van der Waals surface area contributed by atoms with Crippen molar-refractivity contribution in [1.29, 1.82) is 0 Å². The van der Waals surface area contributed by atoms with Gasteiger partial charge < -0.3 is 29.0 Å². The summed E-state index contributed by atoms with van der Waals surface area (Å²) in [6.07, 6.45) is 2.69. The Balaban J connectivity index is 1.42. The third kappa shape index (κ3) is 3.31. The lowest BCUT2D eigenvalue weighted by atomic mass is 10.1. The third-order valence-electron chi connectivity index (χ3n) is 5.45. The fourth-order valence-electron chi connectivity index (χ4n) is 3.97. The summed E-state index contributed by atoms with van der Waals surface area (Å²) in [5.74, 6) is 1.05. The first-order valence-corrected chi connectivity index (χ1v) is 9.88. The number of carbonyl (C=O) groups is 2. The zero-order valence-electron chi connectivity index (χ0n) is 16.0. The van der Waals surface area contributed by atoms with Crippen molar-refractivity contribution in [3.05, 3.63) is 35.4 Å². The molecule has 0 aliphatic carbocycles.